The maximum absolute atomic E-state index is 13.8. The van der Waals surface area contributed by atoms with Crippen LogP contribution in [-0.2, 0) is 13.3 Å². The van der Waals surface area contributed by atoms with E-state index in [9.17, 15) is 8.78 Å². The minimum Gasteiger partial charge on any atom is -0.317 e. The van der Waals surface area contributed by atoms with Crippen molar-refractivity contribution in [3.63, 3.8) is 0 Å². The van der Waals surface area contributed by atoms with Gasteiger partial charge >= 0.3 is 0 Å². The highest BCUT2D eigenvalue weighted by atomic mass is 127. The molecule has 5 nitrogen and oxygen atoms in total. The summed E-state index contributed by atoms with van der Waals surface area (Å²) in [5, 5.41) is 0.511. The summed E-state index contributed by atoms with van der Waals surface area (Å²) in [7, 11) is 0. The van der Waals surface area contributed by atoms with E-state index in [4.69, 9.17) is 11.6 Å². The van der Waals surface area contributed by atoms with E-state index in [1.807, 2.05) is 28.7 Å². The summed E-state index contributed by atoms with van der Waals surface area (Å²) < 4.78 is 31.1. The van der Waals surface area contributed by atoms with E-state index in [1.54, 1.807) is 35.6 Å². The molecule has 1 aromatic carbocycles. The Morgan fingerprint density at radius 1 is 1.12 bits per heavy atom. The molecule has 0 atom stereocenters. The molecule has 0 spiro atoms. The van der Waals surface area contributed by atoms with Crippen LogP contribution in [0.15, 0.2) is 43.1 Å². The Kier molecular flexibility index (Phi) is 4.62. The molecule has 0 unspecified atom stereocenters. The number of nitrogens with zero attached hydrogens (tertiary/aromatic N) is 5. The smallest absolute Gasteiger partial charge is 0.167 e. The van der Waals surface area contributed by atoms with Gasteiger partial charge in [0.1, 0.15) is 16.8 Å². The molecule has 0 aliphatic carbocycles. The van der Waals surface area contributed by atoms with Crippen molar-refractivity contribution in [1.82, 2.24) is 24.1 Å². The summed E-state index contributed by atoms with van der Waals surface area (Å²) in [5.41, 5.74) is 2.44. The third-order valence-electron chi connectivity index (χ3n) is 3.98. The molecule has 0 radical (unpaired) electrons. The molecule has 4 aromatic rings. The van der Waals surface area contributed by atoms with E-state index in [0.29, 0.717) is 37.7 Å². The molecule has 4 rings (SSSR count). The minimum absolute atomic E-state index is 0.380. The molecule has 132 valence electrons. The fourth-order valence-electron chi connectivity index (χ4n) is 2.78. The zero-order chi connectivity index (χ0) is 18.3. The van der Waals surface area contributed by atoms with Gasteiger partial charge in [-0.15, -0.1) is 0 Å². The number of pyridine rings is 1. The second-order valence-electron chi connectivity index (χ2n) is 5.66. The summed E-state index contributed by atoms with van der Waals surface area (Å²) >= 11 is 7.93. The lowest BCUT2D eigenvalue weighted by atomic mass is 10.2. The van der Waals surface area contributed by atoms with Crippen LogP contribution in [0.4, 0.5) is 8.78 Å². The van der Waals surface area contributed by atoms with E-state index in [2.05, 4.69) is 15.0 Å². The maximum atomic E-state index is 13.8. The van der Waals surface area contributed by atoms with Crippen LogP contribution in [0.1, 0.15) is 5.56 Å². The van der Waals surface area contributed by atoms with Gasteiger partial charge in [-0.25, -0.2) is 18.7 Å². The van der Waals surface area contributed by atoms with Crippen LogP contribution in [0.3, 0.4) is 0 Å². The quantitative estimate of drug-likeness (QED) is 0.395. The van der Waals surface area contributed by atoms with E-state index in [-0.39, 0.29) is 5.82 Å². The molecule has 0 N–H and O–H groups in total. The topological polar surface area (TPSA) is 48.5 Å². The number of imidazole rings is 2. The summed E-state index contributed by atoms with van der Waals surface area (Å²) in [4.78, 5) is 12.6. The highest BCUT2D eigenvalue weighted by Crippen LogP contribution is 2.28. The van der Waals surface area contributed by atoms with Gasteiger partial charge in [0, 0.05) is 24.0 Å². The summed E-state index contributed by atoms with van der Waals surface area (Å²) in [6, 6.07) is 4.76. The Morgan fingerprint density at radius 3 is 2.69 bits per heavy atom. The van der Waals surface area contributed by atoms with Gasteiger partial charge in [-0.2, -0.15) is 0 Å². The number of aromatic nitrogens is 5. The Hall–Kier alpha value is -2.07. The fourth-order valence-corrected chi connectivity index (χ4v) is 3.39. The van der Waals surface area contributed by atoms with E-state index >= 15 is 0 Å². The number of hydrogen-bond donors (Lipinski definition) is 0. The summed E-state index contributed by atoms with van der Waals surface area (Å²) in [6.07, 6.45) is 6.48. The van der Waals surface area contributed by atoms with Crippen LogP contribution in [-0.4, -0.2) is 24.1 Å². The van der Waals surface area contributed by atoms with Crippen LogP contribution in [0.2, 0.25) is 5.15 Å². The molecule has 0 saturated carbocycles. The average molecular weight is 486 g/mol. The van der Waals surface area contributed by atoms with Crippen molar-refractivity contribution in [2.45, 2.75) is 13.3 Å². The molecule has 0 aliphatic heterocycles. The molecular weight excluding hydrogens is 475 g/mol. The molecule has 3 aromatic heterocycles. The Morgan fingerprint density at radius 2 is 1.96 bits per heavy atom. The second-order valence-corrected chi connectivity index (χ2v) is 7.21. The summed E-state index contributed by atoms with van der Waals surface area (Å²) in [6.45, 7) is -0.298. The van der Waals surface area contributed by atoms with Crippen molar-refractivity contribution in [2.24, 2.45) is 0 Å². The van der Waals surface area contributed by atoms with Crippen molar-refractivity contribution in [2.75, 3.05) is 0 Å². The molecule has 3 heterocycles. The molecule has 9 heteroatoms. The number of halogens is 4. The van der Waals surface area contributed by atoms with E-state index in [0.717, 1.165) is 5.56 Å². The molecule has 0 bridgehead atoms. The normalized spacial score (nSPS) is 11.4. The monoisotopic (exact) mass is 485 g/mol. The number of rotatable bonds is 4. The van der Waals surface area contributed by atoms with E-state index in [1.165, 1.54) is 10.6 Å². The highest BCUT2D eigenvalue weighted by Gasteiger charge is 2.15. The van der Waals surface area contributed by atoms with Crippen molar-refractivity contribution < 1.29 is 8.78 Å². The van der Waals surface area contributed by atoms with Crippen LogP contribution in [0, 0.1) is 9.39 Å². The van der Waals surface area contributed by atoms with Gasteiger partial charge in [-0.3, -0.25) is 9.55 Å². The first-order valence-corrected chi connectivity index (χ1v) is 9.03. The predicted molar refractivity (Wildman–Crippen MR) is 103 cm³/mol. The lowest BCUT2D eigenvalue weighted by Gasteiger charge is -2.08. The molecular formula is C17H11ClF2IN5. The number of benzene rings is 1. The van der Waals surface area contributed by atoms with Gasteiger partial charge < -0.3 is 4.57 Å². The third kappa shape index (κ3) is 3.07. The van der Waals surface area contributed by atoms with Gasteiger partial charge in [0.05, 0.1) is 33.7 Å². The van der Waals surface area contributed by atoms with Gasteiger partial charge in [-0.05, 0) is 40.3 Å². The molecule has 26 heavy (non-hydrogen) atoms. The number of fused-ring (bicyclic) bond motifs is 1. The van der Waals surface area contributed by atoms with Crippen LogP contribution < -0.4 is 0 Å². The summed E-state index contributed by atoms with van der Waals surface area (Å²) in [5.74, 6) is 0.0183. The fraction of sp³-hybridized carbons (Fsp3) is 0.118. The minimum atomic E-state index is -0.773. The van der Waals surface area contributed by atoms with Crippen molar-refractivity contribution in [3.8, 4) is 11.4 Å². The van der Waals surface area contributed by atoms with Crippen LogP contribution in [0.5, 0.6) is 0 Å². The first kappa shape index (κ1) is 17.3. The first-order valence-electron chi connectivity index (χ1n) is 7.58. The zero-order valence-corrected chi connectivity index (χ0v) is 16.1. The number of hydrogen-bond acceptors (Lipinski definition) is 3. The van der Waals surface area contributed by atoms with E-state index < -0.39 is 6.80 Å². The predicted octanol–water partition coefficient (Wildman–Crippen LogP) is 4.67. The largest absolute Gasteiger partial charge is 0.317 e. The van der Waals surface area contributed by atoms with Crippen molar-refractivity contribution >= 4 is 45.2 Å². The SMILES string of the molecule is FCn1c(-c2cncc(Cn3cncc3Cl)c2)nc2cc(F)c(I)cc21. The Labute approximate surface area is 165 Å². The number of alkyl halides is 1. The van der Waals surface area contributed by atoms with Gasteiger partial charge in [0.2, 0.25) is 0 Å². The van der Waals surface area contributed by atoms with Gasteiger partial charge in [-0.1, -0.05) is 11.6 Å². The maximum Gasteiger partial charge on any atom is 0.167 e. The van der Waals surface area contributed by atoms with Gasteiger partial charge in [0.15, 0.2) is 6.80 Å². The lowest BCUT2D eigenvalue weighted by molar-refractivity contribution is 0.387. The molecule has 0 fully saturated rings. The lowest BCUT2D eigenvalue weighted by Crippen LogP contribution is -2.01. The average Bonchev–Trinajstić information content (AvgIpc) is 3.19. The standard InChI is InChI=1S/C17H11ClF2IN5/c18-16-6-23-9-25(16)7-10-1-11(5-22-4-10)17-24-14-2-12(20)13(21)3-15(14)26(17)8-19/h1-6,9H,7-8H2. The van der Waals surface area contributed by atoms with Gasteiger partial charge in [0.25, 0.3) is 0 Å². The molecule has 0 aliphatic rings. The first-order chi connectivity index (χ1) is 12.6. The molecule has 0 amide bonds. The zero-order valence-electron chi connectivity index (χ0n) is 13.2. The Bertz CT molecular complexity index is 1110. The van der Waals surface area contributed by atoms with Crippen molar-refractivity contribution in [3.05, 3.63) is 63.2 Å². The Balaban J connectivity index is 1.80. The van der Waals surface area contributed by atoms with Crippen LogP contribution >= 0.6 is 34.2 Å². The molecule has 0 saturated heterocycles. The van der Waals surface area contributed by atoms with Crippen LogP contribution in [0.25, 0.3) is 22.4 Å². The van der Waals surface area contributed by atoms with Crippen molar-refractivity contribution in [1.29, 1.82) is 0 Å². The highest BCUT2D eigenvalue weighted by molar-refractivity contribution is 14.1. The third-order valence-corrected chi connectivity index (χ3v) is 5.12. The second kappa shape index (κ2) is 6.92.